The van der Waals surface area contributed by atoms with Crippen molar-refractivity contribution < 1.29 is 19.1 Å². The van der Waals surface area contributed by atoms with Gasteiger partial charge in [0.2, 0.25) is 5.91 Å². The van der Waals surface area contributed by atoms with Crippen LogP contribution in [0.4, 0.5) is 10.1 Å². The first kappa shape index (κ1) is 14.5. The molecule has 0 aromatic heterocycles. The van der Waals surface area contributed by atoms with Gasteiger partial charge in [-0.05, 0) is 18.2 Å². The summed E-state index contributed by atoms with van der Waals surface area (Å²) in [7, 11) is 0. The third-order valence-corrected chi connectivity index (χ3v) is 2.92. The van der Waals surface area contributed by atoms with E-state index in [1.807, 2.05) is 0 Å². The van der Waals surface area contributed by atoms with Gasteiger partial charge in [-0.2, -0.15) is 12.6 Å². The van der Waals surface area contributed by atoms with Gasteiger partial charge in [0.1, 0.15) is 12.4 Å². The van der Waals surface area contributed by atoms with Crippen LogP contribution in [0.3, 0.4) is 0 Å². The Morgan fingerprint density at radius 1 is 1.50 bits per heavy atom. The van der Waals surface area contributed by atoms with Gasteiger partial charge in [0.15, 0.2) is 0 Å². The number of hydrogen-bond donors (Lipinski definition) is 2. The predicted octanol–water partition coefficient (Wildman–Crippen LogP) is 1.81. The Hall–Kier alpha value is -1.56. The largest absolute Gasteiger partial charge is 0.480 e. The number of rotatable bonds is 5. The lowest BCUT2D eigenvalue weighted by atomic mass is 10.1. The molecular formula is C12H14FNO3S. The van der Waals surface area contributed by atoms with Crippen LogP contribution in [-0.2, 0) is 9.59 Å². The molecule has 1 N–H and O–H groups in total. The number of halogens is 1. The van der Waals surface area contributed by atoms with Crippen molar-refractivity contribution in [1.82, 2.24) is 0 Å². The Morgan fingerprint density at radius 2 is 2.17 bits per heavy atom. The number of benzene rings is 1. The Balaban J connectivity index is 3.05. The van der Waals surface area contributed by atoms with E-state index < -0.39 is 30.2 Å². The Morgan fingerprint density at radius 3 is 2.67 bits per heavy atom. The van der Waals surface area contributed by atoms with Crippen molar-refractivity contribution in [2.75, 3.05) is 17.2 Å². The van der Waals surface area contributed by atoms with Gasteiger partial charge in [-0.3, -0.25) is 9.59 Å². The molecule has 0 fully saturated rings. The first-order valence-electron chi connectivity index (χ1n) is 5.35. The summed E-state index contributed by atoms with van der Waals surface area (Å²) in [5.41, 5.74) is 0.232. The number of amides is 1. The second-order valence-corrected chi connectivity index (χ2v) is 4.25. The molecule has 0 aliphatic carbocycles. The average Bonchev–Trinajstić information content (AvgIpc) is 2.34. The minimum atomic E-state index is -1.15. The van der Waals surface area contributed by atoms with E-state index in [1.54, 1.807) is 6.92 Å². The molecular weight excluding hydrogens is 257 g/mol. The van der Waals surface area contributed by atoms with Crippen LogP contribution in [0.5, 0.6) is 0 Å². The molecule has 1 unspecified atom stereocenters. The first-order chi connectivity index (χ1) is 8.45. The smallest absolute Gasteiger partial charge is 0.323 e. The Labute approximate surface area is 110 Å². The fourth-order valence-corrected chi connectivity index (χ4v) is 1.58. The number of carbonyl (C=O) groups excluding carboxylic acids is 1. The van der Waals surface area contributed by atoms with Crippen LogP contribution < -0.4 is 4.90 Å². The van der Waals surface area contributed by atoms with Gasteiger partial charge in [-0.25, -0.2) is 4.39 Å². The molecule has 0 aliphatic rings. The summed E-state index contributed by atoms with van der Waals surface area (Å²) in [5, 5.41) is 8.81. The quantitative estimate of drug-likeness (QED) is 0.803. The summed E-state index contributed by atoms with van der Waals surface area (Å²) in [5.74, 6) is -2.20. The zero-order valence-corrected chi connectivity index (χ0v) is 10.7. The van der Waals surface area contributed by atoms with E-state index in [0.717, 1.165) is 11.0 Å². The molecule has 0 radical (unpaired) electrons. The summed E-state index contributed by atoms with van der Waals surface area (Å²) in [6, 6.07) is 5.29. The molecule has 4 nitrogen and oxygen atoms in total. The lowest BCUT2D eigenvalue weighted by molar-refractivity contribution is -0.137. The van der Waals surface area contributed by atoms with E-state index in [0.29, 0.717) is 5.75 Å². The summed E-state index contributed by atoms with van der Waals surface area (Å²) in [4.78, 5) is 23.8. The van der Waals surface area contributed by atoms with Crippen LogP contribution in [-0.4, -0.2) is 29.3 Å². The molecule has 6 heteroatoms. The number of aliphatic carboxylic acids is 1. The third kappa shape index (κ3) is 3.73. The van der Waals surface area contributed by atoms with E-state index in [9.17, 15) is 14.0 Å². The summed E-state index contributed by atoms with van der Waals surface area (Å²) < 4.78 is 13.1. The van der Waals surface area contributed by atoms with Crippen LogP contribution >= 0.6 is 12.6 Å². The van der Waals surface area contributed by atoms with Crippen molar-refractivity contribution in [3.8, 4) is 0 Å². The summed E-state index contributed by atoms with van der Waals surface area (Å²) in [6.07, 6.45) is 0. The normalized spacial score (nSPS) is 11.9. The molecule has 0 bridgehead atoms. The maximum atomic E-state index is 13.1. The molecule has 0 heterocycles. The molecule has 98 valence electrons. The fourth-order valence-electron chi connectivity index (χ4n) is 1.42. The molecule has 1 atom stereocenters. The van der Waals surface area contributed by atoms with Crippen LogP contribution in [0.1, 0.15) is 6.92 Å². The predicted molar refractivity (Wildman–Crippen MR) is 69.4 cm³/mol. The molecule has 0 saturated heterocycles. The van der Waals surface area contributed by atoms with Crippen LogP contribution in [0.25, 0.3) is 0 Å². The van der Waals surface area contributed by atoms with Gasteiger partial charge in [0.25, 0.3) is 0 Å². The first-order valence-corrected chi connectivity index (χ1v) is 5.98. The van der Waals surface area contributed by atoms with E-state index in [-0.39, 0.29) is 5.69 Å². The van der Waals surface area contributed by atoms with Crippen molar-refractivity contribution in [2.24, 2.45) is 5.92 Å². The zero-order valence-electron chi connectivity index (χ0n) is 9.84. The third-order valence-electron chi connectivity index (χ3n) is 2.37. The number of anilines is 1. The molecule has 1 aromatic rings. The number of carboxylic acid groups (broad SMARTS) is 1. The molecule has 1 rings (SSSR count). The van der Waals surface area contributed by atoms with Gasteiger partial charge in [-0.15, -0.1) is 0 Å². The summed E-state index contributed by atoms with van der Waals surface area (Å²) >= 11 is 4.00. The number of nitrogens with zero attached hydrogens (tertiary/aromatic N) is 1. The minimum absolute atomic E-state index is 0.232. The maximum Gasteiger partial charge on any atom is 0.323 e. The van der Waals surface area contributed by atoms with Crippen molar-refractivity contribution in [3.05, 3.63) is 30.1 Å². The second-order valence-electron chi connectivity index (χ2n) is 3.88. The van der Waals surface area contributed by atoms with Crippen LogP contribution in [0.15, 0.2) is 24.3 Å². The van der Waals surface area contributed by atoms with Crippen molar-refractivity contribution in [1.29, 1.82) is 0 Å². The van der Waals surface area contributed by atoms with Crippen molar-refractivity contribution in [3.63, 3.8) is 0 Å². The van der Waals surface area contributed by atoms with Crippen molar-refractivity contribution in [2.45, 2.75) is 6.92 Å². The minimum Gasteiger partial charge on any atom is -0.480 e. The number of carbonyl (C=O) groups is 2. The van der Waals surface area contributed by atoms with Gasteiger partial charge in [-0.1, -0.05) is 13.0 Å². The molecule has 0 spiro atoms. The lowest BCUT2D eigenvalue weighted by Gasteiger charge is -2.23. The molecule has 1 amide bonds. The van der Waals surface area contributed by atoms with Crippen molar-refractivity contribution >= 4 is 30.2 Å². The van der Waals surface area contributed by atoms with Gasteiger partial charge in [0, 0.05) is 17.4 Å². The molecule has 1 aromatic carbocycles. The van der Waals surface area contributed by atoms with E-state index >= 15 is 0 Å². The van der Waals surface area contributed by atoms with Crippen LogP contribution in [0.2, 0.25) is 0 Å². The van der Waals surface area contributed by atoms with E-state index in [2.05, 4.69) is 12.6 Å². The average molecular weight is 271 g/mol. The topological polar surface area (TPSA) is 57.6 Å². The maximum absolute atomic E-state index is 13.1. The highest BCUT2D eigenvalue weighted by molar-refractivity contribution is 7.80. The monoisotopic (exact) mass is 271 g/mol. The lowest BCUT2D eigenvalue weighted by Crippen LogP contribution is -2.39. The number of hydrogen-bond acceptors (Lipinski definition) is 3. The fraction of sp³-hybridized carbons (Fsp3) is 0.333. The van der Waals surface area contributed by atoms with Gasteiger partial charge < -0.3 is 10.0 Å². The van der Waals surface area contributed by atoms with Crippen LogP contribution in [0, 0.1) is 11.7 Å². The highest BCUT2D eigenvalue weighted by Gasteiger charge is 2.23. The summed E-state index contributed by atoms with van der Waals surface area (Å²) in [6.45, 7) is 1.14. The second kappa shape index (κ2) is 6.39. The zero-order chi connectivity index (χ0) is 13.7. The SMILES string of the molecule is CC(CS)C(=O)N(CC(=O)O)c1cccc(F)c1. The van der Waals surface area contributed by atoms with Gasteiger partial charge >= 0.3 is 5.97 Å². The van der Waals surface area contributed by atoms with Gasteiger partial charge in [0.05, 0.1) is 0 Å². The number of thiol groups is 1. The molecule has 0 aliphatic heterocycles. The van der Waals surface area contributed by atoms with E-state index in [4.69, 9.17) is 5.11 Å². The van der Waals surface area contributed by atoms with E-state index in [1.165, 1.54) is 18.2 Å². The standard InChI is InChI=1S/C12H14FNO3S/c1-8(7-18)12(17)14(6-11(15)16)10-4-2-3-9(13)5-10/h2-5,8,18H,6-7H2,1H3,(H,15,16). The molecule has 0 saturated carbocycles. The highest BCUT2D eigenvalue weighted by atomic mass is 32.1. The highest BCUT2D eigenvalue weighted by Crippen LogP contribution is 2.18. The molecule has 18 heavy (non-hydrogen) atoms. The number of carboxylic acids is 1. The Bertz CT molecular complexity index is 453. The Kier molecular flexibility index (Phi) is 5.15.